The number of aromatic nitrogens is 1. The molecule has 104 valence electrons. The summed E-state index contributed by atoms with van der Waals surface area (Å²) in [7, 11) is 0. The second-order valence-electron chi connectivity index (χ2n) is 5.08. The second-order valence-corrected chi connectivity index (χ2v) is 6.11. The molecule has 0 saturated carbocycles. The fourth-order valence-electron chi connectivity index (χ4n) is 2.39. The van der Waals surface area contributed by atoms with Gasteiger partial charge in [-0.2, -0.15) is 0 Å². The third-order valence-electron chi connectivity index (χ3n) is 3.29. The van der Waals surface area contributed by atoms with Crippen LogP contribution in [-0.4, -0.2) is 33.8 Å². The van der Waals surface area contributed by atoms with E-state index in [0.29, 0.717) is 5.13 Å². The molecule has 20 heavy (non-hydrogen) atoms. The highest BCUT2D eigenvalue weighted by molar-refractivity contribution is 7.22. The SMILES string of the molecule is CC(C)N1C(=O)CC(Nc2nc3ccccc3s2)C1=O. The number of carbonyl (C=O) groups is 2. The van der Waals surface area contributed by atoms with Gasteiger partial charge < -0.3 is 5.32 Å². The van der Waals surface area contributed by atoms with Crippen molar-refractivity contribution in [2.24, 2.45) is 0 Å². The number of carbonyl (C=O) groups excluding carboxylic acids is 2. The molecule has 3 rings (SSSR count). The van der Waals surface area contributed by atoms with Crippen LogP contribution in [-0.2, 0) is 9.59 Å². The summed E-state index contributed by atoms with van der Waals surface area (Å²) in [6.45, 7) is 3.69. The Kier molecular flexibility index (Phi) is 3.17. The lowest BCUT2D eigenvalue weighted by atomic mass is 10.2. The third-order valence-corrected chi connectivity index (χ3v) is 4.26. The maximum absolute atomic E-state index is 12.2. The first kappa shape index (κ1) is 13.1. The van der Waals surface area contributed by atoms with Crippen LogP contribution in [0, 0.1) is 0 Å². The number of anilines is 1. The van der Waals surface area contributed by atoms with E-state index in [1.807, 2.05) is 38.1 Å². The van der Waals surface area contributed by atoms with Crippen molar-refractivity contribution >= 4 is 38.5 Å². The van der Waals surface area contributed by atoms with Gasteiger partial charge in [-0.05, 0) is 26.0 Å². The predicted octanol–water partition coefficient (Wildman–Crippen LogP) is 2.24. The molecule has 1 fully saturated rings. The average molecular weight is 289 g/mol. The monoisotopic (exact) mass is 289 g/mol. The van der Waals surface area contributed by atoms with Gasteiger partial charge >= 0.3 is 0 Å². The van der Waals surface area contributed by atoms with Gasteiger partial charge in [-0.25, -0.2) is 4.98 Å². The van der Waals surface area contributed by atoms with E-state index in [1.165, 1.54) is 16.2 Å². The fraction of sp³-hybridized carbons (Fsp3) is 0.357. The number of hydrogen-bond acceptors (Lipinski definition) is 5. The molecule has 1 aromatic carbocycles. The minimum atomic E-state index is -0.495. The third kappa shape index (κ3) is 2.16. The number of imide groups is 1. The van der Waals surface area contributed by atoms with Crippen molar-refractivity contribution in [1.29, 1.82) is 0 Å². The molecule has 5 nitrogen and oxygen atoms in total. The molecular weight excluding hydrogens is 274 g/mol. The minimum Gasteiger partial charge on any atom is -0.349 e. The van der Waals surface area contributed by atoms with Gasteiger partial charge in [-0.15, -0.1) is 0 Å². The van der Waals surface area contributed by atoms with Gasteiger partial charge in [0.15, 0.2) is 5.13 Å². The summed E-state index contributed by atoms with van der Waals surface area (Å²) in [4.78, 5) is 29.8. The first-order chi connectivity index (χ1) is 9.56. The molecule has 0 aliphatic carbocycles. The lowest BCUT2D eigenvalue weighted by Crippen LogP contribution is -2.39. The molecule has 1 unspecified atom stereocenters. The Morgan fingerprint density at radius 3 is 2.75 bits per heavy atom. The smallest absolute Gasteiger partial charge is 0.252 e. The number of nitrogens with zero attached hydrogens (tertiary/aromatic N) is 2. The van der Waals surface area contributed by atoms with Crippen molar-refractivity contribution in [3.63, 3.8) is 0 Å². The Labute approximate surface area is 120 Å². The van der Waals surface area contributed by atoms with Crippen molar-refractivity contribution in [3.8, 4) is 0 Å². The van der Waals surface area contributed by atoms with Crippen LogP contribution in [0.4, 0.5) is 5.13 Å². The maximum Gasteiger partial charge on any atom is 0.252 e. The van der Waals surface area contributed by atoms with Crippen LogP contribution in [0.5, 0.6) is 0 Å². The number of thiazole rings is 1. The van der Waals surface area contributed by atoms with E-state index < -0.39 is 6.04 Å². The van der Waals surface area contributed by atoms with E-state index in [9.17, 15) is 9.59 Å². The van der Waals surface area contributed by atoms with Gasteiger partial charge in [0, 0.05) is 6.04 Å². The van der Waals surface area contributed by atoms with Crippen molar-refractivity contribution < 1.29 is 9.59 Å². The average Bonchev–Trinajstić information content (AvgIpc) is 2.90. The van der Waals surface area contributed by atoms with Crippen LogP contribution in [0.1, 0.15) is 20.3 Å². The number of benzene rings is 1. The van der Waals surface area contributed by atoms with Crippen molar-refractivity contribution in [1.82, 2.24) is 9.88 Å². The number of hydrogen-bond donors (Lipinski definition) is 1. The summed E-state index contributed by atoms with van der Waals surface area (Å²) in [5, 5.41) is 3.77. The molecule has 1 aromatic heterocycles. The predicted molar refractivity (Wildman–Crippen MR) is 78.6 cm³/mol. The molecule has 0 bridgehead atoms. The fourth-order valence-corrected chi connectivity index (χ4v) is 3.31. The molecule has 0 radical (unpaired) electrons. The Hall–Kier alpha value is -1.95. The molecule has 1 N–H and O–H groups in total. The molecule has 2 aromatic rings. The van der Waals surface area contributed by atoms with Crippen molar-refractivity contribution in [3.05, 3.63) is 24.3 Å². The van der Waals surface area contributed by atoms with Gasteiger partial charge in [0.25, 0.3) is 5.91 Å². The first-order valence-corrected chi connectivity index (χ1v) is 7.36. The Morgan fingerprint density at radius 1 is 1.35 bits per heavy atom. The largest absolute Gasteiger partial charge is 0.349 e. The van der Waals surface area contributed by atoms with Gasteiger partial charge in [-0.3, -0.25) is 14.5 Å². The molecule has 1 aliphatic rings. The van der Waals surface area contributed by atoms with Crippen LogP contribution in [0.3, 0.4) is 0 Å². The van der Waals surface area contributed by atoms with Crippen LogP contribution in [0.15, 0.2) is 24.3 Å². The van der Waals surface area contributed by atoms with Gasteiger partial charge in [0.05, 0.1) is 16.6 Å². The molecule has 2 amide bonds. The van der Waals surface area contributed by atoms with Crippen molar-refractivity contribution in [2.45, 2.75) is 32.4 Å². The zero-order chi connectivity index (χ0) is 14.3. The number of para-hydroxylation sites is 1. The summed E-state index contributed by atoms with van der Waals surface area (Å²) < 4.78 is 1.06. The normalized spacial score (nSPS) is 19.4. The molecule has 2 heterocycles. The minimum absolute atomic E-state index is 0.0998. The lowest BCUT2D eigenvalue weighted by molar-refractivity contribution is -0.140. The van der Waals surface area contributed by atoms with Gasteiger partial charge in [0.2, 0.25) is 5.91 Å². The van der Waals surface area contributed by atoms with Gasteiger partial charge in [-0.1, -0.05) is 23.5 Å². The topological polar surface area (TPSA) is 62.3 Å². The maximum atomic E-state index is 12.2. The van der Waals surface area contributed by atoms with Crippen LogP contribution in [0.2, 0.25) is 0 Å². The zero-order valence-corrected chi connectivity index (χ0v) is 12.1. The van der Waals surface area contributed by atoms with E-state index in [4.69, 9.17) is 0 Å². The van der Waals surface area contributed by atoms with Crippen LogP contribution >= 0.6 is 11.3 Å². The quantitative estimate of drug-likeness (QED) is 0.880. The zero-order valence-electron chi connectivity index (χ0n) is 11.3. The highest BCUT2D eigenvalue weighted by Gasteiger charge is 2.40. The summed E-state index contributed by atoms with van der Waals surface area (Å²) >= 11 is 1.49. The lowest BCUT2D eigenvalue weighted by Gasteiger charge is -2.18. The van der Waals surface area contributed by atoms with E-state index in [1.54, 1.807) is 0 Å². The van der Waals surface area contributed by atoms with E-state index in [0.717, 1.165) is 10.2 Å². The Bertz CT molecular complexity index is 647. The summed E-state index contributed by atoms with van der Waals surface area (Å²) in [6.07, 6.45) is 0.201. The van der Waals surface area contributed by atoms with Gasteiger partial charge in [0.1, 0.15) is 6.04 Å². The molecule has 1 atom stereocenters. The molecule has 1 saturated heterocycles. The molecular formula is C14H15N3O2S. The summed E-state index contributed by atoms with van der Waals surface area (Å²) in [5.74, 6) is -0.284. The number of fused-ring (bicyclic) bond motifs is 1. The molecule has 1 aliphatic heterocycles. The van der Waals surface area contributed by atoms with E-state index in [2.05, 4.69) is 10.3 Å². The highest BCUT2D eigenvalue weighted by atomic mass is 32.1. The van der Waals surface area contributed by atoms with Crippen LogP contribution in [0.25, 0.3) is 10.2 Å². The van der Waals surface area contributed by atoms with Crippen molar-refractivity contribution in [2.75, 3.05) is 5.32 Å². The molecule has 0 spiro atoms. The highest BCUT2D eigenvalue weighted by Crippen LogP contribution is 2.28. The number of nitrogens with one attached hydrogen (secondary N) is 1. The number of likely N-dealkylation sites (tertiary alicyclic amines) is 1. The first-order valence-electron chi connectivity index (χ1n) is 6.54. The van der Waals surface area contributed by atoms with E-state index >= 15 is 0 Å². The summed E-state index contributed by atoms with van der Waals surface area (Å²) in [5.41, 5.74) is 0.900. The number of rotatable bonds is 3. The summed E-state index contributed by atoms with van der Waals surface area (Å²) in [6, 6.07) is 7.20. The molecule has 6 heteroatoms. The second kappa shape index (κ2) is 4.86. The van der Waals surface area contributed by atoms with E-state index in [-0.39, 0.29) is 24.3 Å². The van der Waals surface area contributed by atoms with Crippen LogP contribution < -0.4 is 5.32 Å². The Balaban J connectivity index is 1.81. The number of amides is 2. The Morgan fingerprint density at radius 2 is 2.10 bits per heavy atom. The standard InChI is InChI=1S/C14H15N3O2S/c1-8(2)17-12(18)7-10(13(17)19)16-14-15-9-5-3-4-6-11(9)20-14/h3-6,8,10H,7H2,1-2H3,(H,15,16).